The number of amides is 1. The van der Waals surface area contributed by atoms with Crippen molar-refractivity contribution in [2.75, 3.05) is 0 Å². The molecule has 0 aliphatic heterocycles. The number of rotatable bonds is 1. The molecule has 0 aromatic rings. The Morgan fingerprint density at radius 2 is 1.72 bits per heavy atom. The van der Waals surface area contributed by atoms with E-state index in [1.165, 1.54) is 12.0 Å². The minimum atomic E-state index is -0.408. The highest BCUT2D eigenvalue weighted by Crippen LogP contribution is 2.70. The average Bonchev–Trinajstić information content (AvgIpc) is 2.73. The predicted octanol–water partition coefficient (Wildman–Crippen LogP) is 5.71. The molecule has 5 aliphatic rings. The Morgan fingerprint density at radius 3 is 2.41 bits per heavy atom. The number of hydrogen-bond donors (Lipinski definition) is 2. The number of carbonyl (C=O) groups is 2. The third-order valence-corrected chi connectivity index (χ3v) is 10.7. The molecule has 1 unspecified atom stereocenters. The van der Waals surface area contributed by atoms with Gasteiger partial charge in [-0.1, -0.05) is 45.4 Å². The van der Waals surface area contributed by atoms with Gasteiger partial charge in [-0.25, -0.2) is 0 Å². The summed E-state index contributed by atoms with van der Waals surface area (Å²) in [4.78, 5) is 24.9. The van der Waals surface area contributed by atoms with Crippen LogP contribution >= 0.6 is 0 Å². The van der Waals surface area contributed by atoms with Crippen molar-refractivity contribution in [1.29, 1.82) is 0 Å². The number of aliphatic hydroxyl groups excluding tert-OH is 1. The van der Waals surface area contributed by atoms with Gasteiger partial charge in [-0.15, -0.1) is 0 Å². The van der Waals surface area contributed by atoms with Crippen LogP contribution in [-0.2, 0) is 9.59 Å². The lowest BCUT2D eigenvalue weighted by Crippen LogP contribution is -2.57. The largest absolute Gasteiger partial charge is 0.504 e. The summed E-state index contributed by atoms with van der Waals surface area (Å²) in [7, 11) is 0. The van der Waals surface area contributed by atoms with Gasteiger partial charge in [0.25, 0.3) is 0 Å². The molecule has 5 aliphatic carbocycles. The Labute approximate surface area is 191 Å². The maximum Gasteiger partial charge on any atom is 0.223 e. The monoisotopic (exact) mass is 435 g/mol. The molecule has 0 spiro atoms. The van der Waals surface area contributed by atoms with Crippen LogP contribution in [0.2, 0.25) is 0 Å². The molecule has 3 fully saturated rings. The number of primary amides is 1. The third kappa shape index (κ3) is 2.61. The fourth-order valence-electron chi connectivity index (χ4n) is 8.26. The number of fused-ring (bicyclic) bond motifs is 7. The van der Waals surface area contributed by atoms with E-state index in [-0.39, 0.29) is 33.7 Å². The molecule has 0 aromatic carbocycles. The summed E-state index contributed by atoms with van der Waals surface area (Å²) >= 11 is 0. The third-order valence-electron chi connectivity index (χ3n) is 10.7. The molecule has 4 nitrogen and oxygen atoms in total. The lowest BCUT2D eigenvalue weighted by molar-refractivity contribution is -0.141. The van der Waals surface area contributed by atoms with Crippen molar-refractivity contribution in [1.82, 2.24) is 0 Å². The molecule has 172 valence electrons. The normalized spacial score (nSPS) is 45.5. The molecule has 4 heteroatoms. The van der Waals surface area contributed by atoms with E-state index in [0.717, 1.165) is 49.7 Å². The maximum absolute atomic E-state index is 12.5. The molecular weight excluding hydrogens is 398 g/mol. The van der Waals surface area contributed by atoms with Crippen LogP contribution in [0.3, 0.4) is 0 Å². The van der Waals surface area contributed by atoms with Gasteiger partial charge < -0.3 is 10.8 Å². The molecule has 5 rings (SSSR count). The molecule has 3 saturated carbocycles. The average molecular weight is 436 g/mol. The number of aliphatic hydroxyl groups is 1. The number of nitrogens with two attached hydrogens (primary N) is 1. The van der Waals surface area contributed by atoms with Gasteiger partial charge in [0.15, 0.2) is 5.76 Å². The first-order valence-electron chi connectivity index (χ1n) is 12.3. The van der Waals surface area contributed by atoms with Crippen molar-refractivity contribution in [2.24, 2.45) is 39.2 Å². The lowest BCUT2D eigenvalue weighted by Gasteiger charge is -2.64. The summed E-state index contributed by atoms with van der Waals surface area (Å²) < 4.78 is 0. The first kappa shape index (κ1) is 21.7. The highest BCUT2D eigenvalue weighted by molar-refractivity contribution is 6.06. The number of carbonyl (C=O) groups excluding carboxylic acids is 2. The van der Waals surface area contributed by atoms with Crippen molar-refractivity contribution >= 4 is 11.7 Å². The Hall–Kier alpha value is -2.10. The van der Waals surface area contributed by atoms with Crippen molar-refractivity contribution in [3.05, 3.63) is 46.3 Å². The summed E-state index contributed by atoms with van der Waals surface area (Å²) in [6, 6.07) is 0. The van der Waals surface area contributed by atoms with Crippen molar-refractivity contribution < 1.29 is 14.7 Å². The zero-order valence-corrected chi connectivity index (χ0v) is 20.2. The van der Waals surface area contributed by atoms with Gasteiger partial charge in [-0.3, -0.25) is 9.59 Å². The minimum Gasteiger partial charge on any atom is -0.504 e. The number of allylic oxidation sites excluding steroid dienone is 7. The maximum atomic E-state index is 12.5. The van der Waals surface area contributed by atoms with Gasteiger partial charge in [-0.2, -0.15) is 0 Å². The molecule has 32 heavy (non-hydrogen) atoms. The summed E-state index contributed by atoms with van der Waals surface area (Å²) in [5.74, 6) is 0.451. The summed E-state index contributed by atoms with van der Waals surface area (Å²) in [5, 5.41) is 10.2. The molecule has 0 radical (unpaired) electrons. The van der Waals surface area contributed by atoms with E-state index in [2.05, 4.69) is 39.8 Å². The highest BCUT2D eigenvalue weighted by Gasteiger charge is 2.62. The van der Waals surface area contributed by atoms with Crippen LogP contribution in [0.25, 0.3) is 0 Å². The van der Waals surface area contributed by atoms with E-state index in [0.29, 0.717) is 17.4 Å². The Kier molecular flexibility index (Phi) is 4.40. The highest BCUT2D eigenvalue weighted by atomic mass is 16.3. The van der Waals surface area contributed by atoms with Gasteiger partial charge in [0, 0.05) is 16.4 Å². The second kappa shape index (κ2) is 6.48. The fraction of sp³-hybridized carbons (Fsp3) is 0.643. The van der Waals surface area contributed by atoms with Crippen LogP contribution in [0.15, 0.2) is 46.3 Å². The second-order valence-electron chi connectivity index (χ2n) is 12.3. The van der Waals surface area contributed by atoms with E-state index >= 15 is 0 Å². The molecule has 6 atom stereocenters. The number of hydrogen-bond acceptors (Lipinski definition) is 3. The SMILES string of the molecule is CC1=C(O)C(=O)C=C2C1=CC=C1[C@@]2(C)CCC2[C@@H]3C[C@](C)(C(N)=O)CC[C@]3(C)CC[C@]12C. The van der Waals surface area contributed by atoms with Gasteiger partial charge in [-0.05, 0) is 91.8 Å². The Balaban J connectivity index is 1.60. The van der Waals surface area contributed by atoms with Gasteiger partial charge in [0.2, 0.25) is 11.7 Å². The van der Waals surface area contributed by atoms with E-state index in [1.54, 1.807) is 6.08 Å². The Bertz CT molecular complexity index is 1060. The summed E-state index contributed by atoms with van der Waals surface area (Å²) in [5.41, 5.74) is 9.81. The molecule has 0 heterocycles. The molecular formula is C28H37NO3. The van der Waals surface area contributed by atoms with Gasteiger partial charge in [0.1, 0.15) is 0 Å². The van der Waals surface area contributed by atoms with Crippen LogP contribution in [0, 0.1) is 33.5 Å². The smallest absolute Gasteiger partial charge is 0.223 e. The van der Waals surface area contributed by atoms with Crippen LogP contribution in [0.5, 0.6) is 0 Å². The lowest BCUT2D eigenvalue weighted by atomic mass is 9.39. The Morgan fingerprint density at radius 1 is 1.03 bits per heavy atom. The van der Waals surface area contributed by atoms with E-state index in [1.807, 2.05) is 6.92 Å². The van der Waals surface area contributed by atoms with Crippen LogP contribution in [0.1, 0.15) is 79.6 Å². The van der Waals surface area contributed by atoms with Gasteiger partial charge in [0.05, 0.1) is 0 Å². The zero-order chi connectivity index (χ0) is 23.3. The molecule has 0 saturated heterocycles. The zero-order valence-electron chi connectivity index (χ0n) is 20.2. The van der Waals surface area contributed by atoms with E-state index in [9.17, 15) is 14.7 Å². The topological polar surface area (TPSA) is 80.4 Å². The minimum absolute atomic E-state index is 0.0378. The van der Waals surface area contributed by atoms with Crippen molar-refractivity contribution in [3.63, 3.8) is 0 Å². The second-order valence-corrected chi connectivity index (χ2v) is 12.3. The number of ketones is 1. The first-order valence-corrected chi connectivity index (χ1v) is 12.3. The van der Waals surface area contributed by atoms with Crippen molar-refractivity contribution in [2.45, 2.75) is 79.6 Å². The summed E-state index contributed by atoms with van der Waals surface area (Å²) in [6.07, 6.45) is 13.4. The van der Waals surface area contributed by atoms with Crippen LogP contribution in [0.4, 0.5) is 0 Å². The quantitative estimate of drug-likeness (QED) is 0.554. The predicted molar refractivity (Wildman–Crippen MR) is 126 cm³/mol. The van der Waals surface area contributed by atoms with Crippen molar-refractivity contribution in [3.8, 4) is 0 Å². The van der Waals surface area contributed by atoms with E-state index in [4.69, 9.17) is 5.73 Å². The van der Waals surface area contributed by atoms with Crippen LogP contribution in [-0.4, -0.2) is 16.8 Å². The molecule has 3 N–H and O–H groups in total. The molecule has 1 amide bonds. The molecule has 0 aromatic heterocycles. The summed E-state index contributed by atoms with van der Waals surface area (Å²) in [6.45, 7) is 11.1. The standard InChI is InChI=1S/C28H37NO3/c1-16-17-6-7-22-27(4,19(17)14-21(30)23(16)31)9-8-18-20-15-26(3,24(29)32)11-10-25(20,2)12-13-28(18,22)5/h6-7,14,18,20,31H,8-13,15H2,1-5H3,(H2,29,32)/t18?,20-,25+,26+,27-,28-/m0/s1. The fourth-order valence-corrected chi connectivity index (χ4v) is 8.26. The van der Waals surface area contributed by atoms with E-state index < -0.39 is 5.41 Å². The van der Waals surface area contributed by atoms with Crippen LogP contribution < -0.4 is 5.73 Å². The first-order chi connectivity index (χ1) is 14.9. The van der Waals surface area contributed by atoms with Gasteiger partial charge >= 0.3 is 0 Å². The molecule has 0 bridgehead atoms.